The number of carbonyl (C=O) groups excluding carboxylic acids is 1. The highest BCUT2D eigenvalue weighted by Crippen LogP contribution is 2.12. The Labute approximate surface area is 143 Å². The van der Waals surface area contributed by atoms with Gasteiger partial charge in [0.15, 0.2) is 0 Å². The highest BCUT2D eigenvalue weighted by molar-refractivity contribution is 5.77. The molecule has 0 unspecified atom stereocenters. The molecule has 0 radical (unpaired) electrons. The van der Waals surface area contributed by atoms with Crippen LogP contribution in [-0.2, 0) is 22.7 Å². The predicted octanol–water partition coefficient (Wildman–Crippen LogP) is 2.12. The topological polar surface area (TPSA) is 59.6 Å². The van der Waals surface area contributed by atoms with Gasteiger partial charge in [-0.05, 0) is 23.3 Å². The summed E-state index contributed by atoms with van der Waals surface area (Å²) < 4.78 is 10.6. The van der Waals surface area contributed by atoms with Crippen molar-refractivity contribution in [1.29, 1.82) is 0 Å². The summed E-state index contributed by atoms with van der Waals surface area (Å²) in [4.78, 5) is 11.7. The number of hydrogen-bond acceptors (Lipinski definition) is 4. The highest BCUT2D eigenvalue weighted by Gasteiger charge is 2.01. The van der Waals surface area contributed by atoms with Gasteiger partial charge in [-0.2, -0.15) is 0 Å². The number of amides is 1. The molecule has 0 saturated heterocycles. The summed E-state index contributed by atoms with van der Waals surface area (Å²) in [5.41, 5.74) is 2.15. The number of carbonyl (C=O) groups is 1. The van der Waals surface area contributed by atoms with Gasteiger partial charge in [0.05, 0.1) is 13.2 Å². The van der Waals surface area contributed by atoms with Crippen molar-refractivity contribution >= 4 is 5.91 Å². The molecule has 2 N–H and O–H groups in total. The van der Waals surface area contributed by atoms with Gasteiger partial charge in [0.2, 0.25) is 5.91 Å². The van der Waals surface area contributed by atoms with Crippen LogP contribution in [0, 0.1) is 0 Å². The molecule has 0 fully saturated rings. The molecule has 0 aliphatic rings. The van der Waals surface area contributed by atoms with Gasteiger partial charge >= 0.3 is 0 Å². The molecular weight excluding hydrogens is 304 g/mol. The molecule has 0 aromatic heterocycles. The Balaban J connectivity index is 1.69. The first-order valence-electron chi connectivity index (χ1n) is 8.00. The molecule has 5 heteroatoms. The van der Waals surface area contributed by atoms with Crippen LogP contribution in [0.3, 0.4) is 0 Å². The maximum Gasteiger partial charge on any atom is 0.234 e. The van der Waals surface area contributed by atoms with Gasteiger partial charge in [-0.25, -0.2) is 0 Å². The van der Waals surface area contributed by atoms with Crippen molar-refractivity contribution in [2.45, 2.75) is 13.2 Å². The molecule has 1 amide bonds. The van der Waals surface area contributed by atoms with Crippen LogP contribution in [0.2, 0.25) is 0 Å². The highest BCUT2D eigenvalue weighted by atomic mass is 16.5. The Morgan fingerprint density at radius 1 is 1.00 bits per heavy atom. The molecule has 128 valence electrons. The molecule has 2 rings (SSSR count). The Morgan fingerprint density at radius 3 is 2.42 bits per heavy atom. The molecule has 0 atom stereocenters. The second kappa shape index (κ2) is 10.4. The maximum absolute atomic E-state index is 11.7. The Kier molecular flexibility index (Phi) is 7.80. The number of methoxy groups -OCH3 is 1. The van der Waals surface area contributed by atoms with Crippen LogP contribution in [0.4, 0.5) is 0 Å². The molecule has 2 aromatic rings. The zero-order valence-corrected chi connectivity index (χ0v) is 14.0. The van der Waals surface area contributed by atoms with Crippen molar-refractivity contribution in [2.24, 2.45) is 0 Å². The van der Waals surface area contributed by atoms with E-state index < -0.39 is 0 Å². The van der Waals surface area contributed by atoms with E-state index in [1.54, 1.807) is 7.11 Å². The normalized spacial score (nSPS) is 10.4. The lowest BCUT2D eigenvalue weighted by Crippen LogP contribution is -2.34. The van der Waals surface area contributed by atoms with E-state index in [4.69, 9.17) is 9.47 Å². The molecular formula is C19H24N2O3. The van der Waals surface area contributed by atoms with Gasteiger partial charge in [-0.3, -0.25) is 4.79 Å². The summed E-state index contributed by atoms with van der Waals surface area (Å²) in [7, 11) is 1.64. The molecule has 2 aromatic carbocycles. The molecule has 0 saturated carbocycles. The van der Waals surface area contributed by atoms with Crippen LogP contribution in [0.1, 0.15) is 11.1 Å². The first-order chi connectivity index (χ1) is 11.8. The van der Waals surface area contributed by atoms with Gasteiger partial charge in [0.1, 0.15) is 12.4 Å². The third kappa shape index (κ3) is 6.81. The molecule has 24 heavy (non-hydrogen) atoms. The van der Waals surface area contributed by atoms with Gasteiger partial charge in [0, 0.05) is 20.2 Å². The van der Waals surface area contributed by atoms with Crippen molar-refractivity contribution in [3.8, 4) is 5.75 Å². The van der Waals surface area contributed by atoms with Crippen LogP contribution in [0.5, 0.6) is 5.75 Å². The smallest absolute Gasteiger partial charge is 0.234 e. The van der Waals surface area contributed by atoms with E-state index in [9.17, 15) is 4.79 Å². The van der Waals surface area contributed by atoms with Crippen molar-refractivity contribution in [1.82, 2.24) is 10.6 Å². The summed E-state index contributed by atoms with van der Waals surface area (Å²) in [6, 6.07) is 17.8. The standard InChI is InChI=1S/C19H24N2O3/c1-23-12-11-20-14-19(22)21-13-16-7-9-17(10-8-16)15-24-18-5-3-2-4-6-18/h2-10,20H,11-15H2,1H3,(H,21,22). The summed E-state index contributed by atoms with van der Waals surface area (Å²) >= 11 is 0. The van der Waals surface area contributed by atoms with Crippen LogP contribution >= 0.6 is 0 Å². The Bertz CT molecular complexity index is 600. The van der Waals surface area contributed by atoms with Crippen LogP contribution < -0.4 is 15.4 Å². The minimum Gasteiger partial charge on any atom is -0.489 e. The summed E-state index contributed by atoms with van der Waals surface area (Å²) in [6.45, 7) is 2.61. The zero-order chi connectivity index (χ0) is 17.0. The monoisotopic (exact) mass is 328 g/mol. The quantitative estimate of drug-likeness (QED) is 0.656. The van der Waals surface area contributed by atoms with Crippen molar-refractivity contribution in [3.05, 3.63) is 65.7 Å². The Hall–Kier alpha value is -2.37. The fourth-order valence-corrected chi connectivity index (χ4v) is 2.08. The van der Waals surface area contributed by atoms with Gasteiger partial charge in [-0.15, -0.1) is 0 Å². The van der Waals surface area contributed by atoms with Crippen molar-refractivity contribution in [2.75, 3.05) is 26.8 Å². The maximum atomic E-state index is 11.7. The molecule has 0 bridgehead atoms. The van der Waals surface area contributed by atoms with E-state index in [0.717, 1.165) is 16.9 Å². The van der Waals surface area contributed by atoms with E-state index in [1.807, 2.05) is 54.6 Å². The SMILES string of the molecule is COCCNCC(=O)NCc1ccc(COc2ccccc2)cc1. The largest absolute Gasteiger partial charge is 0.489 e. The lowest BCUT2D eigenvalue weighted by molar-refractivity contribution is -0.120. The number of rotatable bonds is 10. The van der Waals surface area contributed by atoms with E-state index in [-0.39, 0.29) is 5.91 Å². The number of nitrogens with one attached hydrogen (secondary N) is 2. The minimum atomic E-state index is -0.0254. The third-order valence-electron chi connectivity index (χ3n) is 3.43. The van der Waals surface area contributed by atoms with Crippen LogP contribution in [0.15, 0.2) is 54.6 Å². The average molecular weight is 328 g/mol. The average Bonchev–Trinajstić information content (AvgIpc) is 2.63. The lowest BCUT2D eigenvalue weighted by atomic mass is 10.1. The van der Waals surface area contributed by atoms with Crippen LogP contribution in [-0.4, -0.2) is 32.7 Å². The summed E-state index contributed by atoms with van der Waals surface area (Å²) in [6.07, 6.45) is 0. The van der Waals surface area contributed by atoms with E-state index in [0.29, 0.717) is 32.8 Å². The van der Waals surface area contributed by atoms with Gasteiger partial charge < -0.3 is 20.1 Å². The molecule has 0 heterocycles. The second-order valence-corrected chi connectivity index (χ2v) is 5.36. The number of ether oxygens (including phenoxy) is 2. The first-order valence-corrected chi connectivity index (χ1v) is 8.00. The molecule has 5 nitrogen and oxygen atoms in total. The van der Waals surface area contributed by atoms with Crippen LogP contribution in [0.25, 0.3) is 0 Å². The predicted molar refractivity (Wildman–Crippen MR) is 93.8 cm³/mol. The summed E-state index contributed by atoms with van der Waals surface area (Å²) in [5.74, 6) is 0.831. The molecule has 0 aliphatic heterocycles. The van der Waals surface area contributed by atoms with Crippen molar-refractivity contribution in [3.63, 3.8) is 0 Å². The fourth-order valence-electron chi connectivity index (χ4n) is 2.08. The third-order valence-corrected chi connectivity index (χ3v) is 3.43. The molecule has 0 aliphatic carbocycles. The fraction of sp³-hybridized carbons (Fsp3) is 0.316. The number of para-hydroxylation sites is 1. The second-order valence-electron chi connectivity index (χ2n) is 5.36. The van der Waals surface area contributed by atoms with Gasteiger partial charge in [0.25, 0.3) is 0 Å². The van der Waals surface area contributed by atoms with Crippen molar-refractivity contribution < 1.29 is 14.3 Å². The summed E-state index contributed by atoms with van der Waals surface area (Å²) in [5, 5.41) is 5.89. The zero-order valence-electron chi connectivity index (χ0n) is 14.0. The van der Waals surface area contributed by atoms with Gasteiger partial charge in [-0.1, -0.05) is 42.5 Å². The lowest BCUT2D eigenvalue weighted by Gasteiger charge is -2.08. The van der Waals surface area contributed by atoms with E-state index in [1.165, 1.54) is 0 Å². The number of hydrogen-bond donors (Lipinski definition) is 2. The Morgan fingerprint density at radius 2 is 1.71 bits per heavy atom. The van der Waals surface area contributed by atoms with E-state index in [2.05, 4.69) is 10.6 Å². The number of benzene rings is 2. The van der Waals surface area contributed by atoms with E-state index >= 15 is 0 Å². The first kappa shape index (κ1) is 18.0. The molecule has 0 spiro atoms. The minimum absolute atomic E-state index is 0.0254.